The maximum atomic E-state index is 12.6. The minimum absolute atomic E-state index is 0.0259. The monoisotopic (exact) mass is 625 g/mol. The first-order chi connectivity index (χ1) is 20.4. The van der Waals surface area contributed by atoms with Gasteiger partial charge in [-0.1, -0.05) is 105 Å². The Kier molecular flexibility index (Phi) is 16.4. The molecule has 1 aromatic heterocycles. The van der Waals surface area contributed by atoms with E-state index in [0.717, 1.165) is 19.3 Å². The zero-order valence-corrected chi connectivity index (χ0v) is 28.9. The molecule has 0 spiro atoms. The van der Waals surface area contributed by atoms with Gasteiger partial charge in [0.1, 0.15) is 24.9 Å². The minimum atomic E-state index is -2.28. The molecule has 2 rings (SSSR count). The van der Waals surface area contributed by atoms with E-state index in [1.165, 1.54) is 81.0 Å². The molecule has 11 heteroatoms. The van der Waals surface area contributed by atoms with Crippen molar-refractivity contribution in [2.24, 2.45) is 0 Å². The summed E-state index contributed by atoms with van der Waals surface area (Å²) in [7, 11) is -0.735. The van der Waals surface area contributed by atoms with Crippen LogP contribution in [0.2, 0.25) is 18.1 Å². The Morgan fingerprint density at radius 1 is 0.953 bits per heavy atom. The van der Waals surface area contributed by atoms with Crippen LogP contribution in [0.4, 0.5) is 0 Å². The molecule has 2 heterocycles. The van der Waals surface area contributed by atoms with E-state index < -0.39 is 44.1 Å². The molecule has 1 aliphatic rings. The Balaban J connectivity index is 1.80. The van der Waals surface area contributed by atoms with Crippen LogP contribution in [0.1, 0.15) is 124 Å². The van der Waals surface area contributed by atoms with Gasteiger partial charge in [0, 0.05) is 25.8 Å². The SMILES string of the molecule is CCCCCCCCCCCCCCCC(=O)NOC[C@H]1O[C@@H](n2ccc(=O)[nH]c2=O)[C@@H](OC)C1O[Si](C)(C)C(C)(C)C. The second-order valence-corrected chi connectivity index (χ2v) is 18.2. The molecule has 43 heavy (non-hydrogen) atoms. The smallest absolute Gasteiger partial charge is 0.330 e. The molecule has 0 radical (unpaired) electrons. The summed E-state index contributed by atoms with van der Waals surface area (Å²) >= 11 is 0. The van der Waals surface area contributed by atoms with Crippen molar-refractivity contribution in [3.8, 4) is 0 Å². The van der Waals surface area contributed by atoms with E-state index >= 15 is 0 Å². The lowest BCUT2D eigenvalue weighted by Crippen LogP contribution is -2.50. The van der Waals surface area contributed by atoms with E-state index in [2.05, 4.69) is 51.3 Å². The number of carbonyl (C=O) groups is 1. The lowest BCUT2D eigenvalue weighted by molar-refractivity contribution is -0.140. The van der Waals surface area contributed by atoms with Crippen molar-refractivity contribution >= 4 is 14.2 Å². The maximum Gasteiger partial charge on any atom is 0.330 e. The first-order valence-electron chi connectivity index (χ1n) is 16.5. The molecule has 1 aromatic rings. The fourth-order valence-corrected chi connectivity index (χ4v) is 6.48. The van der Waals surface area contributed by atoms with Crippen LogP contribution in [0, 0.1) is 0 Å². The molecule has 1 aliphatic heterocycles. The van der Waals surface area contributed by atoms with Crippen LogP contribution in [0.5, 0.6) is 0 Å². The van der Waals surface area contributed by atoms with E-state index in [1.807, 2.05) is 0 Å². The topological polar surface area (TPSA) is 121 Å². The highest BCUT2D eigenvalue weighted by Crippen LogP contribution is 2.41. The van der Waals surface area contributed by atoms with Gasteiger partial charge < -0.3 is 13.9 Å². The molecular formula is C32H59N3O7Si. The van der Waals surface area contributed by atoms with Crippen LogP contribution in [0.25, 0.3) is 0 Å². The lowest BCUT2D eigenvalue weighted by Gasteiger charge is -2.40. The van der Waals surface area contributed by atoms with Crippen LogP contribution in [-0.2, 0) is 23.5 Å². The number of nitrogens with zero attached hydrogens (tertiary/aromatic N) is 1. The number of rotatable bonds is 21. The molecule has 248 valence electrons. The van der Waals surface area contributed by atoms with Gasteiger partial charge in [0.2, 0.25) is 5.91 Å². The van der Waals surface area contributed by atoms with Gasteiger partial charge in [-0.05, 0) is 24.6 Å². The molecule has 0 aromatic carbocycles. The van der Waals surface area contributed by atoms with Crippen LogP contribution in [0.3, 0.4) is 0 Å². The number of aromatic amines is 1. The third kappa shape index (κ3) is 12.6. The molecule has 0 saturated carbocycles. The van der Waals surface area contributed by atoms with Gasteiger partial charge in [0.25, 0.3) is 5.56 Å². The maximum absolute atomic E-state index is 12.6. The van der Waals surface area contributed by atoms with Crippen molar-refractivity contribution in [1.82, 2.24) is 15.0 Å². The largest absolute Gasteiger partial charge is 0.408 e. The van der Waals surface area contributed by atoms with E-state index in [1.54, 1.807) is 7.11 Å². The van der Waals surface area contributed by atoms with E-state index in [4.69, 9.17) is 18.7 Å². The Hall–Kier alpha value is -1.79. The Bertz CT molecular complexity index is 1050. The number of hydrogen-bond donors (Lipinski definition) is 2. The average molecular weight is 626 g/mol. The van der Waals surface area contributed by atoms with Crippen molar-refractivity contribution in [2.45, 2.75) is 160 Å². The summed E-state index contributed by atoms with van der Waals surface area (Å²) in [6.07, 6.45) is 15.5. The number of ether oxygens (including phenoxy) is 2. The van der Waals surface area contributed by atoms with Gasteiger partial charge in [0.15, 0.2) is 14.5 Å². The summed E-state index contributed by atoms with van der Waals surface area (Å²) in [5, 5.41) is -0.0777. The molecule has 10 nitrogen and oxygen atoms in total. The Labute approximate surface area is 259 Å². The van der Waals surface area contributed by atoms with Crippen LogP contribution < -0.4 is 16.7 Å². The molecule has 1 amide bonds. The molecular weight excluding hydrogens is 566 g/mol. The minimum Gasteiger partial charge on any atom is -0.408 e. The van der Waals surface area contributed by atoms with Gasteiger partial charge in [0.05, 0.1) is 0 Å². The summed E-state index contributed by atoms with van der Waals surface area (Å²) in [6, 6.07) is 1.27. The first kappa shape index (κ1) is 37.4. The number of H-pyrrole nitrogens is 1. The summed E-state index contributed by atoms with van der Waals surface area (Å²) in [6.45, 7) is 13.0. The van der Waals surface area contributed by atoms with E-state index in [0.29, 0.717) is 6.42 Å². The molecule has 0 aliphatic carbocycles. The van der Waals surface area contributed by atoms with Gasteiger partial charge in [-0.2, -0.15) is 0 Å². The van der Waals surface area contributed by atoms with Crippen molar-refractivity contribution in [3.63, 3.8) is 0 Å². The molecule has 1 unspecified atom stereocenters. The third-order valence-corrected chi connectivity index (χ3v) is 13.3. The van der Waals surface area contributed by atoms with Crippen LogP contribution in [-0.4, -0.2) is 55.8 Å². The van der Waals surface area contributed by atoms with Gasteiger partial charge >= 0.3 is 5.69 Å². The Morgan fingerprint density at radius 2 is 1.51 bits per heavy atom. The summed E-state index contributed by atoms with van der Waals surface area (Å²) in [4.78, 5) is 44.5. The van der Waals surface area contributed by atoms with E-state index in [-0.39, 0.29) is 17.6 Å². The van der Waals surface area contributed by atoms with Gasteiger partial charge in [-0.15, -0.1) is 0 Å². The van der Waals surface area contributed by atoms with E-state index in [9.17, 15) is 14.4 Å². The molecule has 4 atom stereocenters. The van der Waals surface area contributed by atoms with Gasteiger partial charge in [-0.25, -0.2) is 10.3 Å². The third-order valence-electron chi connectivity index (χ3n) is 8.86. The summed E-state index contributed by atoms with van der Waals surface area (Å²) < 4.78 is 20.1. The quantitative estimate of drug-likeness (QED) is 0.0925. The number of amides is 1. The zero-order chi connectivity index (χ0) is 31.9. The highest BCUT2D eigenvalue weighted by molar-refractivity contribution is 6.74. The fraction of sp³-hybridized carbons (Fsp3) is 0.844. The number of unbranched alkanes of at least 4 members (excludes halogenated alkanes) is 12. The normalized spacial score (nSPS) is 20.9. The highest BCUT2D eigenvalue weighted by atomic mass is 28.4. The van der Waals surface area contributed by atoms with Gasteiger partial charge in [-0.3, -0.25) is 24.0 Å². The fourth-order valence-electron chi connectivity index (χ4n) is 5.16. The number of carbonyl (C=O) groups excluding carboxylic acids is 1. The summed E-state index contributed by atoms with van der Waals surface area (Å²) in [5.74, 6) is -0.167. The number of nitrogens with one attached hydrogen (secondary N) is 2. The van der Waals surface area contributed by atoms with Crippen LogP contribution >= 0.6 is 0 Å². The van der Waals surface area contributed by atoms with Crippen molar-refractivity contribution in [3.05, 3.63) is 33.1 Å². The van der Waals surface area contributed by atoms with Crippen molar-refractivity contribution in [1.29, 1.82) is 0 Å². The standard InChI is InChI=1S/C32H59N3O7Si/c1-8-9-10-11-12-13-14-15-16-17-18-19-20-21-27(37)34-40-24-25-28(42-43(6,7)32(2,3)4)29(39-5)30(41-25)35-23-22-26(36)33-31(35)38/h22-23,25,28-30H,8-21,24H2,1-7H3,(H,34,37)(H,33,36,38)/t25-,28?,29+,30-/m1/s1. The average Bonchev–Trinajstić information content (AvgIpc) is 3.26. The highest BCUT2D eigenvalue weighted by Gasteiger charge is 2.51. The van der Waals surface area contributed by atoms with Crippen molar-refractivity contribution < 1.29 is 23.5 Å². The van der Waals surface area contributed by atoms with Crippen LogP contribution in [0.15, 0.2) is 21.9 Å². The second-order valence-electron chi connectivity index (χ2n) is 13.5. The first-order valence-corrected chi connectivity index (χ1v) is 19.4. The lowest BCUT2D eigenvalue weighted by atomic mass is 10.0. The number of hydroxylamine groups is 1. The Morgan fingerprint density at radius 3 is 2.02 bits per heavy atom. The number of aromatic nitrogens is 2. The predicted octanol–water partition coefficient (Wildman–Crippen LogP) is 6.37. The second kappa shape index (κ2) is 18.9. The molecule has 1 saturated heterocycles. The number of methoxy groups -OCH3 is 1. The van der Waals surface area contributed by atoms with Crippen molar-refractivity contribution in [2.75, 3.05) is 13.7 Å². The number of hydrogen-bond acceptors (Lipinski definition) is 7. The molecule has 0 bridgehead atoms. The molecule has 1 fully saturated rings. The predicted molar refractivity (Wildman–Crippen MR) is 173 cm³/mol. The molecule has 2 N–H and O–H groups in total. The zero-order valence-electron chi connectivity index (χ0n) is 27.9. The summed E-state index contributed by atoms with van der Waals surface area (Å²) in [5.41, 5.74) is 1.46.